The summed E-state index contributed by atoms with van der Waals surface area (Å²) in [4.78, 5) is 22.8. The van der Waals surface area contributed by atoms with E-state index in [4.69, 9.17) is 21.1 Å². The highest BCUT2D eigenvalue weighted by Gasteiger charge is 2.18. The molecule has 0 aromatic heterocycles. The molecule has 2 rings (SSSR count). The van der Waals surface area contributed by atoms with Crippen molar-refractivity contribution in [2.24, 2.45) is 0 Å². The molecule has 0 saturated carbocycles. The molecule has 24 heavy (non-hydrogen) atoms. The van der Waals surface area contributed by atoms with Gasteiger partial charge >= 0.3 is 0 Å². The summed E-state index contributed by atoms with van der Waals surface area (Å²) < 4.78 is 10.6. The molecule has 2 aromatic rings. The maximum atomic E-state index is 12.3. The standard InChI is InChI=1S/C16H15ClN2O5/c1-3-24-14-7-4-10(8-15(14)23-2)16(20)18-12-6-5-11(17)9-13(12)19(21)22/h4-9H,3H2,1-2H3,(H,18,20). The fourth-order valence-corrected chi connectivity index (χ4v) is 2.21. The van der Waals surface area contributed by atoms with Crippen LogP contribution in [-0.2, 0) is 0 Å². The number of rotatable bonds is 6. The number of hydrogen-bond donors (Lipinski definition) is 1. The van der Waals surface area contributed by atoms with E-state index < -0.39 is 10.8 Å². The van der Waals surface area contributed by atoms with Gasteiger partial charge in [0.25, 0.3) is 11.6 Å². The number of hydrogen-bond acceptors (Lipinski definition) is 5. The predicted octanol–water partition coefficient (Wildman–Crippen LogP) is 3.91. The van der Waals surface area contributed by atoms with Crippen molar-refractivity contribution >= 4 is 28.9 Å². The summed E-state index contributed by atoms with van der Waals surface area (Å²) >= 11 is 5.75. The van der Waals surface area contributed by atoms with Gasteiger partial charge in [0.1, 0.15) is 5.69 Å². The Morgan fingerprint density at radius 3 is 2.62 bits per heavy atom. The van der Waals surface area contributed by atoms with Crippen LogP contribution in [0, 0.1) is 10.1 Å². The van der Waals surface area contributed by atoms with Crippen LogP contribution in [0.1, 0.15) is 17.3 Å². The van der Waals surface area contributed by atoms with E-state index in [0.29, 0.717) is 18.1 Å². The minimum Gasteiger partial charge on any atom is -0.493 e. The van der Waals surface area contributed by atoms with Crippen molar-refractivity contribution in [2.75, 3.05) is 19.0 Å². The van der Waals surface area contributed by atoms with Crippen LogP contribution in [0.2, 0.25) is 5.02 Å². The van der Waals surface area contributed by atoms with E-state index in [-0.39, 0.29) is 22.0 Å². The molecule has 8 heteroatoms. The van der Waals surface area contributed by atoms with Crippen LogP contribution in [0.25, 0.3) is 0 Å². The van der Waals surface area contributed by atoms with Gasteiger partial charge in [0, 0.05) is 16.7 Å². The summed E-state index contributed by atoms with van der Waals surface area (Å²) in [5.74, 6) is 0.394. The highest BCUT2D eigenvalue weighted by molar-refractivity contribution is 6.31. The Labute approximate surface area is 143 Å². The second-order valence-corrected chi connectivity index (χ2v) is 5.11. The number of amides is 1. The van der Waals surface area contributed by atoms with Gasteiger partial charge < -0.3 is 14.8 Å². The monoisotopic (exact) mass is 350 g/mol. The third kappa shape index (κ3) is 3.94. The second kappa shape index (κ2) is 7.65. The van der Waals surface area contributed by atoms with Gasteiger partial charge in [0.15, 0.2) is 11.5 Å². The molecule has 0 aliphatic heterocycles. The van der Waals surface area contributed by atoms with Gasteiger partial charge in [-0.2, -0.15) is 0 Å². The van der Waals surface area contributed by atoms with Crippen molar-refractivity contribution in [3.8, 4) is 11.5 Å². The second-order valence-electron chi connectivity index (χ2n) is 4.67. The number of carbonyl (C=O) groups excluding carboxylic acids is 1. The maximum absolute atomic E-state index is 12.3. The van der Waals surface area contributed by atoms with Crippen molar-refractivity contribution in [2.45, 2.75) is 6.92 Å². The number of nitrogens with one attached hydrogen (secondary N) is 1. The first kappa shape index (κ1) is 17.6. The van der Waals surface area contributed by atoms with Gasteiger partial charge in [-0.15, -0.1) is 0 Å². The summed E-state index contributed by atoms with van der Waals surface area (Å²) in [6, 6.07) is 8.67. The minimum absolute atomic E-state index is 0.0576. The molecule has 0 heterocycles. The van der Waals surface area contributed by atoms with Crippen LogP contribution in [-0.4, -0.2) is 24.5 Å². The SMILES string of the molecule is CCOc1ccc(C(=O)Nc2ccc(Cl)cc2[N+](=O)[O-])cc1OC. The van der Waals surface area contributed by atoms with Crippen LogP contribution < -0.4 is 14.8 Å². The molecule has 0 spiro atoms. The average Bonchev–Trinajstić information content (AvgIpc) is 2.56. The van der Waals surface area contributed by atoms with E-state index in [0.717, 1.165) is 0 Å². The van der Waals surface area contributed by atoms with E-state index in [2.05, 4.69) is 5.32 Å². The first-order valence-electron chi connectivity index (χ1n) is 7.02. The Bertz CT molecular complexity index is 779. The Balaban J connectivity index is 2.29. The molecular formula is C16H15ClN2O5. The molecule has 0 aliphatic rings. The summed E-state index contributed by atoms with van der Waals surface area (Å²) in [7, 11) is 1.46. The topological polar surface area (TPSA) is 90.7 Å². The summed E-state index contributed by atoms with van der Waals surface area (Å²) in [5, 5.41) is 13.8. The van der Waals surface area contributed by atoms with E-state index in [1.807, 2.05) is 6.92 Å². The predicted molar refractivity (Wildman–Crippen MR) is 90.2 cm³/mol. The molecule has 0 atom stereocenters. The van der Waals surface area contributed by atoms with Gasteiger partial charge in [0.2, 0.25) is 0 Å². The zero-order chi connectivity index (χ0) is 17.7. The zero-order valence-electron chi connectivity index (χ0n) is 13.0. The van der Waals surface area contributed by atoms with Crippen LogP contribution in [0.5, 0.6) is 11.5 Å². The van der Waals surface area contributed by atoms with E-state index in [9.17, 15) is 14.9 Å². The molecule has 0 bridgehead atoms. The Kier molecular flexibility index (Phi) is 5.59. The molecule has 0 radical (unpaired) electrons. The highest BCUT2D eigenvalue weighted by Crippen LogP contribution is 2.30. The van der Waals surface area contributed by atoms with Gasteiger partial charge in [-0.05, 0) is 37.3 Å². The van der Waals surface area contributed by atoms with Gasteiger partial charge in [-0.1, -0.05) is 11.6 Å². The molecule has 7 nitrogen and oxygen atoms in total. The lowest BCUT2D eigenvalue weighted by molar-refractivity contribution is -0.383. The molecule has 0 saturated heterocycles. The largest absolute Gasteiger partial charge is 0.493 e. The number of nitrogens with zero attached hydrogens (tertiary/aromatic N) is 1. The van der Waals surface area contributed by atoms with Crippen molar-refractivity contribution in [1.29, 1.82) is 0 Å². The van der Waals surface area contributed by atoms with Gasteiger partial charge in [0.05, 0.1) is 18.6 Å². The van der Waals surface area contributed by atoms with Crippen LogP contribution in [0.3, 0.4) is 0 Å². The quantitative estimate of drug-likeness (QED) is 0.630. The minimum atomic E-state index is -0.611. The number of nitro benzene ring substituents is 1. The smallest absolute Gasteiger partial charge is 0.294 e. The molecule has 0 unspecified atom stereocenters. The molecule has 1 N–H and O–H groups in total. The third-order valence-corrected chi connectivity index (χ3v) is 3.37. The third-order valence-electron chi connectivity index (χ3n) is 3.13. The molecule has 0 aliphatic carbocycles. The Hall–Kier alpha value is -2.80. The first-order valence-corrected chi connectivity index (χ1v) is 7.40. The van der Waals surface area contributed by atoms with Crippen molar-refractivity contribution in [3.05, 3.63) is 57.1 Å². The summed E-state index contributed by atoms with van der Waals surface area (Å²) in [6.45, 7) is 2.29. The summed E-state index contributed by atoms with van der Waals surface area (Å²) in [6.07, 6.45) is 0. The number of halogens is 1. The van der Waals surface area contributed by atoms with E-state index in [1.165, 1.54) is 31.4 Å². The van der Waals surface area contributed by atoms with Crippen LogP contribution in [0.4, 0.5) is 11.4 Å². The average molecular weight is 351 g/mol. The number of nitro groups is 1. The van der Waals surface area contributed by atoms with Crippen molar-refractivity contribution in [3.63, 3.8) is 0 Å². The summed E-state index contributed by atoms with van der Waals surface area (Å²) in [5.41, 5.74) is 0.0514. The molecular weight excluding hydrogens is 336 g/mol. The number of benzene rings is 2. The fourth-order valence-electron chi connectivity index (χ4n) is 2.04. The van der Waals surface area contributed by atoms with Crippen molar-refractivity contribution in [1.82, 2.24) is 0 Å². The zero-order valence-corrected chi connectivity index (χ0v) is 13.8. The van der Waals surface area contributed by atoms with Crippen LogP contribution in [0.15, 0.2) is 36.4 Å². The number of anilines is 1. The number of ether oxygens (including phenoxy) is 2. The highest BCUT2D eigenvalue weighted by atomic mass is 35.5. The van der Waals surface area contributed by atoms with E-state index >= 15 is 0 Å². The maximum Gasteiger partial charge on any atom is 0.294 e. The fraction of sp³-hybridized carbons (Fsp3) is 0.188. The molecule has 1 amide bonds. The molecule has 0 fully saturated rings. The molecule has 2 aromatic carbocycles. The lowest BCUT2D eigenvalue weighted by Gasteiger charge is -2.11. The number of methoxy groups -OCH3 is 1. The van der Waals surface area contributed by atoms with Crippen molar-refractivity contribution < 1.29 is 19.2 Å². The number of carbonyl (C=O) groups is 1. The van der Waals surface area contributed by atoms with Gasteiger partial charge in [-0.3, -0.25) is 14.9 Å². The Morgan fingerprint density at radius 1 is 1.25 bits per heavy atom. The van der Waals surface area contributed by atoms with Gasteiger partial charge in [-0.25, -0.2) is 0 Å². The normalized spacial score (nSPS) is 10.1. The van der Waals surface area contributed by atoms with E-state index in [1.54, 1.807) is 12.1 Å². The lowest BCUT2D eigenvalue weighted by Crippen LogP contribution is -2.13. The van der Waals surface area contributed by atoms with Crippen LogP contribution >= 0.6 is 11.6 Å². The first-order chi connectivity index (χ1) is 11.5. The lowest BCUT2D eigenvalue weighted by atomic mass is 10.1. The Morgan fingerprint density at radius 2 is 2.00 bits per heavy atom. The molecule has 126 valence electrons.